The van der Waals surface area contributed by atoms with Crippen molar-refractivity contribution >= 4 is 23.2 Å². The number of hydrogen-bond acceptors (Lipinski definition) is 4. The van der Waals surface area contributed by atoms with E-state index in [1.807, 2.05) is 19.1 Å². The number of aromatic nitrogens is 2. The van der Waals surface area contributed by atoms with Crippen molar-refractivity contribution in [2.24, 2.45) is 0 Å². The summed E-state index contributed by atoms with van der Waals surface area (Å²) in [6, 6.07) is 11.8. The van der Waals surface area contributed by atoms with Crippen LogP contribution in [0.25, 0.3) is 0 Å². The third-order valence-electron chi connectivity index (χ3n) is 3.38. The molecule has 0 atom stereocenters. The van der Waals surface area contributed by atoms with E-state index in [2.05, 4.69) is 20.6 Å². The molecule has 0 bridgehead atoms. The third-order valence-corrected chi connectivity index (χ3v) is 3.38. The van der Waals surface area contributed by atoms with Crippen LogP contribution < -0.4 is 10.6 Å². The summed E-state index contributed by atoms with van der Waals surface area (Å²) < 4.78 is 26.6. The lowest BCUT2D eigenvalue weighted by Gasteiger charge is -2.08. The Hall–Kier alpha value is -3.35. The van der Waals surface area contributed by atoms with Crippen molar-refractivity contribution in [3.05, 3.63) is 77.6 Å². The van der Waals surface area contributed by atoms with Gasteiger partial charge in [0.25, 0.3) is 5.91 Å². The highest BCUT2D eigenvalue weighted by Crippen LogP contribution is 2.18. The Balaban J connectivity index is 1.76. The number of nitrogens with one attached hydrogen (secondary N) is 2. The van der Waals surface area contributed by atoms with Gasteiger partial charge in [0, 0.05) is 18.0 Å². The van der Waals surface area contributed by atoms with Gasteiger partial charge < -0.3 is 10.6 Å². The predicted molar refractivity (Wildman–Crippen MR) is 90.8 cm³/mol. The van der Waals surface area contributed by atoms with Gasteiger partial charge in [0.05, 0.1) is 5.69 Å². The van der Waals surface area contributed by atoms with Crippen molar-refractivity contribution in [3.8, 4) is 0 Å². The van der Waals surface area contributed by atoms with E-state index in [0.717, 1.165) is 17.7 Å². The van der Waals surface area contributed by atoms with E-state index in [4.69, 9.17) is 0 Å². The number of benzene rings is 2. The maximum absolute atomic E-state index is 13.7. The van der Waals surface area contributed by atoms with E-state index < -0.39 is 17.5 Å². The molecule has 2 aromatic carbocycles. The number of hydrogen-bond donors (Lipinski definition) is 2. The van der Waals surface area contributed by atoms with Gasteiger partial charge >= 0.3 is 0 Å². The Morgan fingerprint density at radius 1 is 1.04 bits per heavy atom. The summed E-state index contributed by atoms with van der Waals surface area (Å²) >= 11 is 0. The van der Waals surface area contributed by atoms with Gasteiger partial charge in [0.1, 0.15) is 17.3 Å². The van der Waals surface area contributed by atoms with Crippen LogP contribution in [-0.4, -0.2) is 15.9 Å². The second kappa shape index (κ2) is 7.04. The lowest BCUT2D eigenvalue weighted by Crippen LogP contribution is -2.14. The molecule has 126 valence electrons. The smallest absolute Gasteiger partial charge is 0.274 e. The second-order valence-electron chi connectivity index (χ2n) is 5.33. The van der Waals surface area contributed by atoms with Crippen LogP contribution in [0.1, 0.15) is 16.1 Å². The minimum atomic E-state index is -0.780. The van der Waals surface area contributed by atoms with Crippen molar-refractivity contribution in [1.82, 2.24) is 9.97 Å². The topological polar surface area (TPSA) is 66.9 Å². The number of amides is 1. The molecule has 3 rings (SSSR count). The van der Waals surface area contributed by atoms with Crippen LogP contribution in [0.2, 0.25) is 0 Å². The molecule has 0 aliphatic heterocycles. The Kier molecular flexibility index (Phi) is 4.65. The number of nitrogens with zero attached hydrogens (tertiary/aromatic N) is 2. The van der Waals surface area contributed by atoms with Gasteiger partial charge in [-0.3, -0.25) is 4.79 Å². The molecule has 0 saturated carbocycles. The zero-order valence-corrected chi connectivity index (χ0v) is 13.3. The summed E-state index contributed by atoms with van der Waals surface area (Å²) in [5, 5.41) is 5.34. The number of halogens is 2. The van der Waals surface area contributed by atoms with Crippen LogP contribution in [0.5, 0.6) is 0 Å². The van der Waals surface area contributed by atoms with Crippen molar-refractivity contribution in [2.45, 2.75) is 6.92 Å². The summed E-state index contributed by atoms with van der Waals surface area (Å²) in [6.45, 7) is 1.95. The Bertz CT molecular complexity index is 913. The molecular formula is C18H14F2N4O. The van der Waals surface area contributed by atoms with Crippen LogP contribution in [-0.2, 0) is 0 Å². The molecule has 5 nitrogen and oxygen atoms in total. The molecule has 0 aliphatic rings. The minimum absolute atomic E-state index is 0.0116. The van der Waals surface area contributed by atoms with E-state index in [1.54, 1.807) is 12.1 Å². The zero-order chi connectivity index (χ0) is 17.8. The van der Waals surface area contributed by atoms with Gasteiger partial charge in [-0.1, -0.05) is 17.7 Å². The Morgan fingerprint density at radius 3 is 2.52 bits per heavy atom. The fourth-order valence-corrected chi connectivity index (χ4v) is 2.09. The molecule has 3 aromatic rings. The summed E-state index contributed by atoms with van der Waals surface area (Å²) in [7, 11) is 0. The van der Waals surface area contributed by atoms with Gasteiger partial charge in [0.2, 0.25) is 5.95 Å². The predicted octanol–water partition coefficient (Wildman–Crippen LogP) is 4.06. The van der Waals surface area contributed by atoms with Gasteiger partial charge in [-0.25, -0.2) is 18.7 Å². The number of rotatable bonds is 4. The van der Waals surface area contributed by atoms with Gasteiger partial charge in [-0.15, -0.1) is 0 Å². The third kappa shape index (κ3) is 4.14. The minimum Gasteiger partial charge on any atom is -0.322 e. The molecule has 1 heterocycles. The molecule has 0 aliphatic carbocycles. The lowest BCUT2D eigenvalue weighted by atomic mass is 10.2. The molecule has 0 spiro atoms. The molecule has 0 fully saturated rings. The molecule has 25 heavy (non-hydrogen) atoms. The van der Waals surface area contributed by atoms with Crippen LogP contribution in [0.15, 0.2) is 54.7 Å². The summed E-state index contributed by atoms with van der Waals surface area (Å²) in [6.07, 6.45) is 1.38. The van der Waals surface area contributed by atoms with Crippen molar-refractivity contribution in [3.63, 3.8) is 0 Å². The normalized spacial score (nSPS) is 10.4. The standard InChI is InChI=1S/C18H14F2N4O/c1-11-2-5-13(6-3-11)22-17(25)16-8-9-21-18(24-16)23-15-7-4-12(19)10-14(15)20/h2-10H,1H3,(H,22,25)(H,21,23,24). The van der Waals surface area contributed by atoms with Crippen LogP contribution >= 0.6 is 0 Å². The molecule has 0 radical (unpaired) electrons. The first kappa shape index (κ1) is 16.5. The molecular weight excluding hydrogens is 326 g/mol. The quantitative estimate of drug-likeness (QED) is 0.752. The van der Waals surface area contributed by atoms with E-state index >= 15 is 0 Å². The highest BCUT2D eigenvalue weighted by Gasteiger charge is 2.11. The average molecular weight is 340 g/mol. The van der Waals surface area contributed by atoms with Crippen molar-refractivity contribution < 1.29 is 13.6 Å². The molecule has 0 unspecified atom stereocenters. The van der Waals surface area contributed by atoms with Gasteiger partial charge in [-0.2, -0.15) is 0 Å². The summed E-state index contributed by atoms with van der Waals surface area (Å²) in [5.74, 6) is -1.86. The van der Waals surface area contributed by atoms with E-state index in [0.29, 0.717) is 5.69 Å². The molecule has 0 saturated heterocycles. The lowest BCUT2D eigenvalue weighted by molar-refractivity contribution is 0.102. The number of carbonyl (C=O) groups is 1. The van der Waals surface area contributed by atoms with Gasteiger partial charge in [0.15, 0.2) is 0 Å². The second-order valence-corrected chi connectivity index (χ2v) is 5.33. The molecule has 1 aromatic heterocycles. The first-order valence-corrected chi connectivity index (χ1v) is 7.44. The number of carbonyl (C=O) groups excluding carboxylic acids is 1. The number of anilines is 3. The Labute approximate surface area is 142 Å². The van der Waals surface area contributed by atoms with E-state index in [1.165, 1.54) is 18.3 Å². The highest BCUT2D eigenvalue weighted by atomic mass is 19.1. The highest BCUT2D eigenvalue weighted by molar-refractivity contribution is 6.03. The van der Waals surface area contributed by atoms with E-state index in [-0.39, 0.29) is 17.3 Å². The maximum Gasteiger partial charge on any atom is 0.274 e. The fraction of sp³-hybridized carbons (Fsp3) is 0.0556. The first-order valence-electron chi connectivity index (χ1n) is 7.44. The Morgan fingerprint density at radius 2 is 1.80 bits per heavy atom. The molecule has 1 amide bonds. The van der Waals surface area contributed by atoms with Crippen LogP contribution in [0, 0.1) is 18.6 Å². The summed E-state index contributed by atoms with van der Waals surface area (Å²) in [5.41, 5.74) is 1.83. The summed E-state index contributed by atoms with van der Waals surface area (Å²) in [4.78, 5) is 20.2. The molecule has 7 heteroatoms. The number of aryl methyl sites for hydroxylation is 1. The fourth-order valence-electron chi connectivity index (χ4n) is 2.09. The largest absolute Gasteiger partial charge is 0.322 e. The first-order chi connectivity index (χ1) is 12.0. The maximum atomic E-state index is 13.7. The van der Waals surface area contributed by atoms with Crippen molar-refractivity contribution in [2.75, 3.05) is 10.6 Å². The average Bonchev–Trinajstić information content (AvgIpc) is 2.60. The SMILES string of the molecule is Cc1ccc(NC(=O)c2ccnc(Nc3ccc(F)cc3F)n2)cc1. The van der Waals surface area contributed by atoms with Crippen molar-refractivity contribution in [1.29, 1.82) is 0 Å². The zero-order valence-electron chi connectivity index (χ0n) is 13.3. The van der Waals surface area contributed by atoms with E-state index in [9.17, 15) is 13.6 Å². The van der Waals surface area contributed by atoms with Gasteiger partial charge in [-0.05, 0) is 37.3 Å². The van der Waals surface area contributed by atoms with Crippen LogP contribution in [0.3, 0.4) is 0 Å². The van der Waals surface area contributed by atoms with Crippen LogP contribution in [0.4, 0.5) is 26.1 Å². The molecule has 2 N–H and O–H groups in total. The monoisotopic (exact) mass is 340 g/mol.